The minimum atomic E-state index is -1.09. The molecule has 366 valence electrons. The summed E-state index contributed by atoms with van der Waals surface area (Å²) in [5, 5.41) is 30.2. The van der Waals surface area contributed by atoms with E-state index in [9.17, 15) is 28.8 Å². The molecule has 4 aliphatic rings. The summed E-state index contributed by atoms with van der Waals surface area (Å²) in [6, 6.07) is 2.17. The number of likely N-dealkylation sites (N-methyl/N-ethyl adjacent to an activating group) is 2. The van der Waals surface area contributed by atoms with Gasteiger partial charge in [-0.25, -0.2) is 4.68 Å². The van der Waals surface area contributed by atoms with E-state index in [1.807, 2.05) is 59.7 Å². The van der Waals surface area contributed by atoms with Crippen molar-refractivity contribution in [2.75, 3.05) is 20.6 Å². The zero-order chi connectivity index (χ0) is 48.8. The van der Waals surface area contributed by atoms with Gasteiger partial charge in [0.25, 0.3) is 0 Å². The third-order valence-electron chi connectivity index (χ3n) is 14.0. The molecular weight excluding hydrogens is 851 g/mol. The van der Waals surface area contributed by atoms with Crippen molar-refractivity contribution in [3.63, 3.8) is 0 Å². The van der Waals surface area contributed by atoms with Gasteiger partial charge >= 0.3 is 0 Å². The minimum Gasteiger partial charge on any atom is -0.348 e. The SMILES string of the molecule is CN[C@@H](C)C(=O)NC(C(=O)N[C@@H](Cc1cn([C@H]2C[C@@H](C(=O)N[C@@H]3CCCc4ccccc43)N(C(=O)[C@@H](NC(=O)[C@H](C)NC)C(C)(C)C)C2)nn1)C(=O)N[C@@H]1CCCC2=C1C=CCC2)C(C)(C)C. The van der Waals surface area contributed by atoms with Crippen molar-refractivity contribution in [1.29, 1.82) is 0 Å². The molecule has 17 nitrogen and oxygen atoms in total. The first kappa shape index (κ1) is 51.0. The molecule has 1 saturated heterocycles. The number of fused-ring (bicyclic) bond motifs is 1. The molecule has 0 radical (unpaired) electrons. The number of nitrogens with zero attached hydrogens (tertiary/aromatic N) is 4. The summed E-state index contributed by atoms with van der Waals surface area (Å²) < 4.78 is 1.63. The second-order valence-corrected chi connectivity index (χ2v) is 21.1. The van der Waals surface area contributed by atoms with Crippen molar-refractivity contribution in [1.82, 2.24) is 57.1 Å². The number of hydrogen-bond donors (Lipinski definition) is 7. The highest BCUT2D eigenvalue weighted by Gasteiger charge is 2.47. The van der Waals surface area contributed by atoms with Gasteiger partial charge in [0.15, 0.2) is 0 Å². The van der Waals surface area contributed by atoms with Crippen LogP contribution in [0.2, 0.25) is 0 Å². The van der Waals surface area contributed by atoms with Crippen molar-refractivity contribution < 1.29 is 28.8 Å². The fourth-order valence-corrected chi connectivity index (χ4v) is 9.67. The van der Waals surface area contributed by atoms with Crippen molar-refractivity contribution in [2.24, 2.45) is 10.8 Å². The third-order valence-corrected chi connectivity index (χ3v) is 14.0. The van der Waals surface area contributed by atoms with E-state index < -0.39 is 59.0 Å². The summed E-state index contributed by atoms with van der Waals surface area (Å²) in [6.07, 6.45) is 13.4. The van der Waals surface area contributed by atoms with Gasteiger partial charge in [-0.1, -0.05) is 88.7 Å². The number of rotatable bonds is 16. The Morgan fingerprint density at radius 3 is 2.07 bits per heavy atom. The van der Waals surface area contributed by atoms with Gasteiger partial charge in [0.05, 0.1) is 35.9 Å². The van der Waals surface area contributed by atoms with Gasteiger partial charge in [0.1, 0.15) is 24.2 Å². The molecule has 9 atom stereocenters. The zero-order valence-electron chi connectivity index (χ0n) is 41.3. The zero-order valence-corrected chi connectivity index (χ0v) is 41.3. The smallest absolute Gasteiger partial charge is 0.246 e. The fraction of sp³-hybridized carbons (Fsp3) is 0.640. The monoisotopic (exact) mass is 926 g/mol. The van der Waals surface area contributed by atoms with Crippen LogP contribution in [0.5, 0.6) is 0 Å². The van der Waals surface area contributed by atoms with Crippen molar-refractivity contribution >= 4 is 35.4 Å². The molecular formula is C50H75N11O6. The number of benzene rings is 1. The Hall–Kier alpha value is -5.42. The summed E-state index contributed by atoms with van der Waals surface area (Å²) in [5.74, 6) is -2.26. The van der Waals surface area contributed by atoms with E-state index in [0.29, 0.717) is 5.69 Å². The van der Waals surface area contributed by atoms with Gasteiger partial charge in [-0.3, -0.25) is 28.8 Å². The Bertz CT molecular complexity index is 2200. The first-order chi connectivity index (χ1) is 31.7. The molecule has 1 unspecified atom stereocenters. The first-order valence-corrected chi connectivity index (χ1v) is 24.2. The lowest BCUT2D eigenvalue weighted by Gasteiger charge is -2.36. The topological polar surface area (TPSA) is 221 Å². The summed E-state index contributed by atoms with van der Waals surface area (Å²) in [5.41, 5.74) is 3.73. The third kappa shape index (κ3) is 12.4. The van der Waals surface area contributed by atoms with E-state index in [4.69, 9.17) is 0 Å². The molecule has 6 rings (SSSR count). The molecule has 1 fully saturated rings. The lowest BCUT2D eigenvalue weighted by Crippen LogP contribution is -2.60. The number of aryl methyl sites for hydroxylation is 1. The lowest BCUT2D eigenvalue weighted by atomic mass is 9.82. The second-order valence-electron chi connectivity index (χ2n) is 21.1. The Balaban J connectivity index is 1.28. The summed E-state index contributed by atoms with van der Waals surface area (Å²) in [7, 11) is 3.34. The van der Waals surface area contributed by atoms with Crippen LogP contribution < -0.4 is 37.2 Å². The lowest BCUT2D eigenvalue weighted by molar-refractivity contribution is -0.144. The normalized spacial score (nSPS) is 22.9. The fourth-order valence-electron chi connectivity index (χ4n) is 9.67. The number of aromatic nitrogens is 3. The molecule has 1 aromatic heterocycles. The number of carbonyl (C=O) groups is 6. The highest BCUT2D eigenvalue weighted by atomic mass is 16.2. The summed E-state index contributed by atoms with van der Waals surface area (Å²) in [4.78, 5) is 85.9. The number of likely N-dealkylation sites (tertiary alicyclic amines) is 1. The van der Waals surface area contributed by atoms with Gasteiger partial charge in [0, 0.05) is 25.6 Å². The number of amides is 6. The van der Waals surface area contributed by atoms with E-state index in [0.717, 1.165) is 62.5 Å². The first-order valence-electron chi connectivity index (χ1n) is 24.2. The van der Waals surface area contributed by atoms with Crippen LogP contribution in [0.1, 0.15) is 136 Å². The summed E-state index contributed by atoms with van der Waals surface area (Å²) >= 11 is 0. The molecule has 7 N–H and O–H groups in total. The Morgan fingerprint density at radius 2 is 1.40 bits per heavy atom. The van der Waals surface area contributed by atoms with Gasteiger partial charge in [-0.05, 0) is 107 Å². The molecule has 2 heterocycles. The van der Waals surface area contributed by atoms with Crippen LogP contribution in [0.15, 0.2) is 53.8 Å². The standard InChI is InChI=1S/C50H75N11O6/c1-29(51-9)43(62)56-41(49(3,4)5)47(66)55-39(45(64)53-37-23-15-19-31-17-11-13-21-35(31)37)25-33-27-61(59-58-33)34-26-40(46(65)54-38-24-16-20-32-18-12-14-22-36(32)38)60(28-34)48(67)42(50(6,7)8)57-44(63)30(2)52-10/h12-14,18,21-22,27,29-30,34,37-42,51-52H,11,15-17,19-20,23-26,28H2,1-10H3,(H,53,64)(H,54,65)(H,55,66)(H,56,62)(H,57,63)/t29-,30-,34-,37+,38+,39-,40-,41?,42+/m0/s1. The molecule has 0 spiro atoms. The molecule has 2 aromatic rings. The highest BCUT2D eigenvalue weighted by molar-refractivity contribution is 5.95. The van der Waals surface area contributed by atoms with Crippen LogP contribution in [-0.2, 0) is 41.6 Å². The maximum Gasteiger partial charge on any atom is 0.246 e. The van der Waals surface area contributed by atoms with Crippen molar-refractivity contribution in [3.8, 4) is 0 Å². The Labute approximate surface area is 396 Å². The van der Waals surface area contributed by atoms with Gasteiger partial charge < -0.3 is 42.1 Å². The van der Waals surface area contributed by atoms with E-state index >= 15 is 0 Å². The van der Waals surface area contributed by atoms with Gasteiger partial charge in [0.2, 0.25) is 35.4 Å². The van der Waals surface area contributed by atoms with E-state index in [-0.39, 0.29) is 61.0 Å². The molecule has 6 amide bonds. The molecule has 0 bridgehead atoms. The van der Waals surface area contributed by atoms with Crippen LogP contribution in [-0.4, -0.2) is 118 Å². The van der Waals surface area contributed by atoms with Crippen molar-refractivity contribution in [3.05, 3.63) is 70.6 Å². The molecule has 0 saturated carbocycles. The molecule has 67 heavy (non-hydrogen) atoms. The predicted molar refractivity (Wildman–Crippen MR) is 256 cm³/mol. The maximum absolute atomic E-state index is 14.8. The van der Waals surface area contributed by atoms with Crippen LogP contribution in [0, 0.1) is 10.8 Å². The Kier molecular flexibility index (Phi) is 16.5. The van der Waals surface area contributed by atoms with E-state index in [2.05, 4.69) is 65.7 Å². The number of carbonyl (C=O) groups excluding carboxylic acids is 6. The largest absolute Gasteiger partial charge is 0.348 e. The van der Waals surface area contributed by atoms with Crippen LogP contribution in [0.25, 0.3) is 0 Å². The molecule has 17 heteroatoms. The summed E-state index contributed by atoms with van der Waals surface area (Å²) in [6.45, 7) is 14.7. The predicted octanol–water partition coefficient (Wildman–Crippen LogP) is 3.23. The number of allylic oxidation sites excluding steroid dienone is 2. The molecule has 3 aliphatic carbocycles. The average Bonchev–Trinajstić information content (AvgIpc) is 3.96. The second kappa shape index (κ2) is 21.7. The molecule has 1 aromatic carbocycles. The number of hydrogen-bond acceptors (Lipinski definition) is 10. The van der Waals surface area contributed by atoms with Crippen LogP contribution >= 0.6 is 0 Å². The van der Waals surface area contributed by atoms with E-state index in [1.54, 1.807) is 43.7 Å². The number of nitrogens with one attached hydrogen (secondary N) is 7. The molecule has 1 aliphatic heterocycles. The average molecular weight is 926 g/mol. The van der Waals surface area contributed by atoms with Crippen molar-refractivity contribution in [2.45, 2.75) is 174 Å². The highest BCUT2D eigenvalue weighted by Crippen LogP contribution is 2.35. The Morgan fingerprint density at radius 1 is 0.761 bits per heavy atom. The maximum atomic E-state index is 14.8. The van der Waals surface area contributed by atoms with E-state index in [1.165, 1.54) is 11.1 Å². The van der Waals surface area contributed by atoms with Gasteiger partial charge in [-0.2, -0.15) is 0 Å². The van der Waals surface area contributed by atoms with Crippen LogP contribution in [0.4, 0.5) is 0 Å². The quantitative estimate of drug-likeness (QED) is 0.130. The van der Waals surface area contributed by atoms with Gasteiger partial charge in [-0.15, -0.1) is 5.10 Å². The minimum absolute atomic E-state index is 0.0219. The van der Waals surface area contributed by atoms with Crippen LogP contribution in [0.3, 0.4) is 0 Å².